The van der Waals surface area contributed by atoms with E-state index in [1.165, 1.54) is 6.42 Å². The fraction of sp³-hybridized carbons (Fsp3) is 0.933. The van der Waals surface area contributed by atoms with Gasteiger partial charge in [0.25, 0.3) is 0 Å². The lowest BCUT2D eigenvalue weighted by molar-refractivity contribution is -0.124. The van der Waals surface area contributed by atoms with Crippen LogP contribution in [0.3, 0.4) is 0 Å². The van der Waals surface area contributed by atoms with Crippen molar-refractivity contribution in [1.82, 2.24) is 16.0 Å². The van der Waals surface area contributed by atoms with E-state index in [4.69, 9.17) is 0 Å². The molecule has 0 aromatic carbocycles. The topological polar surface area (TPSA) is 53.2 Å². The van der Waals surface area contributed by atoms with Crippen LogP contribution in [0.15, 0.2) is 0 Å². The minimum absolute atomic E-state index is 0.0230. The Hall–Kier alpha value is -0.610. The van der Waals surface area contributed by atoms with E-state index < -0.39 is 0 Å². The van der Waals surface area contributed by atoms with Gasteiger partial charge in [-0.1, -0.05) is 6.42 Å². The molecule has 1 atom stereocenters. The van der Waals surface area contributed by atoms with Crippen molar-refractivity contribution in [3.8, 4) is 0 Å². The first kappa shape index (κ1) is 14.8. The molecule has 2 aliphatic heterocycles. The second kappa shape index (κ2) is 5.41. The zero-order valence-electron chi connectivity index (χ0n) is 12.8. The summed E-state index contributed by atoms with van der Waals surface area (Å²) in [6, 6.07) is 0.303. The summed E-state index contributed by atoms with van der Waals surface area (Å²) in [5.74, 6) is 0.193. The van der Waals surface area contributed by atoms with E-state index in [0.717, 1.165) is 32.2 Å². The first-order chi connectivity index (χ1) is 8.77. The quantitative estimate of drug-likeness (QED) is 0.711. The van der Waals surface area contributed by atoms with Crippen molar-refractivity contribution in [3.05, 3.63) is 0 Å². The summed E-state index contributed by atoms with van der Waals surface area (Å²) in [7, 11) is 0. The molecule has 0 saturated carbocycles. The maximum absolute atomic E-state index is 12.3. The zero-order valence-corrected chi connectivity index (χ0v) is 12.8. The molecule has 2 saturated heterocycles. The van der Waals surface area contributed by atoms with Gasteiger partial charge in [-0.05, 0) is 59.9 Å². The van der Waals surface area contributed by atoms with E-state index in [-0.39, 0.29) is 29.1 Å². The average Bonchev–Trinajstić information content (AvgIpc) is 2.25. The predicted octanol–water partition coefficient (Wildman–Crippen LogP) is 1.55. The SMILES string of the molecule is CC1(C)CC(NC(=O)[C@@H]2CCCCN2)CC(C)(C)N1. The van der Waals surface area contributed by atoms with Crippen molar-refractivity contribution in [2.24, 2.45) is 0 Å². The van der Waals surface area contributed by atoms with Crippen molar-refractivity contribution in [1.29, 1.82) is 0 Å². The Bertz CT molecular complexity index is 316. The van der Waals surface area contributed by atoms with Crippen molar-refractivity contribution < 1.29 is 4.79 Å². The highest BCUT2D eigenvalue weighted by Gasteiger charge is 2.38. The first-order valence-electron chi connectivity index (χ1n) is 7.61. The van der Waals surface area contributed by atoms with Crippen LogP contribution >= 0.6 is 0 Å². The number of hydrogen-bond donors (Lipinski definition) is 3. The lowest BCUT2D eigenvalue weighted by atomic mass is 9.79. The molecular weight excluding hydrogens is 238 g/mol. The van der Waals surface area contributed by atoms with Crippen LogP contribution in [0.4, 0.5) is 0 Å². The van der Waals surface area contributed by atoms with Crippen LogP contribution in [-0.2, 0) is 4.79 Å². The molecule has 0 radical (unpaired) electrons. The molecule has 2 fully saturated rings. The Morgan fingerprint density at radius 1 is 1.11 bits per heavy atom. The smallest absolute Gasteiger partial charge is 0.237 e. The molecule has 4 nitrogen and oxygen atoms in total. The Labute approximate surface area is 117 Å². The molecule has 0 unspecified atom stereocenters. The summed E-state index contributed by atoms with van der Waals surface area (Å²) in [6.07, 6.45) is 5.32. The average molecular weight is 267 g/mol. The molecule has 0 spiro atoms. The lowest BCUT2D eigenvalue weighted by Crippen LogP contribution is -2.63. The highest BCUT2D eigenvalue weighted by atomic mass is 16.2. The van der Waals surface area contributed by atoms with Crippen LogP contribution in [-0.4, -0.2) is 35.6 Å². The van der Waals surface area contributed by atoms with Gasteiger partial charge in [0.1, 0.15) is 0 Å². The van der Waals surface area contributed by atoms with Crippen LogP contribution in [0.2, 0.25) is 0 Å². The van der Waals surface area contributed by atoms with Gasteiger partial charge in [0.2, 0.25) is 5.91 Å². The molecule has 0 bridgehead atoms. The van der Waals surface area contributed by atoms with E-state index in [1.807, 2.05) is 0 Å². The first-order valence-corrected chi connectivity index (χ1v) is 7.61. The van der Waals surface area contributed by atoms with Crippen molar-refractivity contribution >= 4 is 5.91 Å². The van der Waals surface area contributed by atoms with Gasteiger partial charge in [-0.25, -0.2) is 0 Å². The van der Waals surface area contributed by atoms with Crippen LogP contribution in [0.1, 0.15) is 59.8 Å². The van der Waals surface area contributed by atoms with E-state index in [0.29, 0.717) is 0 Å². The second-order valence-corrected chi connectivity index (χ2v) is 7.51. The monoisotopic (exact) mass is 267 g/mol. The third-order valence-corrected chi connectivity index (χ3v) is 4.16. The van der Waals surface area contributed by atoms with Gasteiger partial charge >= 0.3 is 0 Å². The Morgan fingerprint density at radius 3 is 2.26 bits per heavy atom. The second-order valence-electron chi connectivity index (χ2n) is 7.51. The molecule has 0 aromatic rings. The third-order valence-electron chi connectivity index (χ3n) is 4.16. The number of piperidine rings is 2. The van der Waals surface area contributed by atoms with Gasteiger partial charge in [0.05, 0.1) is 6.04 Å². The van der Waals surface area contributed by atoms with E-state index >= 15 is 0 Å². The minimum Gasteiger partial charge on any atom is -0.352 e. The van der Waals surface area contributed by atoms with Crippen molar-refractivity contribution in [2.45, 2.75) is 83.0 Å². The van der Waals surface area contributed by atoms with Crippen LogP contribution in [0, 0.1) is 0 Å². The molecule has 3 N–H and O–H groups in total. The largest absolute Gasteiger partial charge is 0.352 e. The van der Waals surface area contributed by atoms with Gasteiger partial charge in [-0.3, -0.25) is 4.79 Å². The molecule has 2 aliphatic rings. The molecule has 2 rings (SSSR count). The van der Waals surface area contributed by atoms with Crippen LogP contribution in [0.25, 0.3) is 0 Å². The molecule has 0 aromatic heterocycles. The molecule has 110 valence electrons. The highest BCUT2D eigenvalue weighted by Crippen LogP contribution is 2.28. The van der Waals surface area contributed by atoms with Gasteiger partial charge < -0.3 is 16.0 Å². The van der Waals surface area contributed by atoms with E-state index in [2.05, 4.69) is 43.6 Å². The predicted molar refractivity (Wildman–Crippen MR) is 78.1 cm³/mol. The van der Waals surface area contributed by atoms with Gasteiger partial charge in [0, 0.05) is 17.1 Å². The number of carbonyl (C=O) groups excluding carboxylic acids is 1. The lowest BCUT2D eigenvalue weighted by Gasteiger charge is -2.47. The maximum atomic E-state index is 12.3. The van der Waals surface area contributed by atoms with Crippen LogP contribution in [0.5, 0.6) is 0 Å². The molecule has 19 heavy (non-hydrogen) atoms. The van der Waals surface area contributed by atoms with E-state index in [9.17, 15) is 4.79 Å². The minimum atomic E-state index is 0.0230. The molecule has 0 aliphatic carbocycles. The normalized spacial score (nSPS) is 30.8. The Balaban J connectivity index is 1.92. The number of amides is 1. The third kappa shape index (κ3) is 4.18. The fourth-order valence-electron chi connectivity index (χ4n) is 3.80. The summed E-state index contributed by atoms with van der Waals surface area (Å²) >= 11 is 0. The van der Waals surface area contributed by atoms with Gasteiger partial charge in [0.15, 0.2) is 0 Å². The highest BCUT2D eigenvalue weighted by molar-refractivity contribution is 5.82. The Morgan fingerprint density at radius 2 is 1.74 bits per heavy atom. The number of hydrogen-bond acceptors (Lipinski definition) is 3. The van der Waals surface area contributed by atoms with Crippen LogP contribution < -0.4 is 16.0 Å². The van der Waals surface area contributed by atoms with Crippen molar-refractivity contribution in [3.63, 3.8) is 0 Å². The molecular formula is C15H29N3O. The fourth-order valence-corrected chi connectivity index (χ4v) is 3.80. The summed E-state index contributed by atoms with van der Waals surface area (Å²) in [5.41, 5.74) is 0.166. The van der Waals surface area contributed by atoms with Gasteiger partial charge in [-0.15, -0.1) is 0 Å². The Kier molecular flexibility index (Phi) is 4.21. The summed E-state index contributed by atoms with van der Waals surface area (Å²) in [4.78, 5) is 12.3. The molecule has 2 heterocycles. The van der Waals surface area contributed by atoms with Crippen molar-refractivity contribution in [2.75, 3.05) is 6.54 Å². The van der Waals surface area contributed by atoms with E-state index in [1.54, 1.807) is 0 Å². The summed E-state index contributed by atoms with van der Waals surface area (Å²) in [6.45, 7) is 9.83. The summed E-state index contributed by atoms with van der Waals surface area (Å²) < 4.78 is 0. The maximum Gasteiger partial charge on any atom is 0.237 e. The molecule has 4 heteroatoms. The van der Waals surface area contributed by atoms with Gasteiger partial charge in [-0.2, -0.15) is 0 Å². The number of nitrogens with one attached hydrogen (secondary N) is 3. The number of rotatable bonds is 2. The number of carbonyl (C=O) groups is 1. The summed E-state index contributed by atoms with van der Waals surface area (Å²) in [5, 5.41) is 10.2. The zero-order chi connectivity index (χ0) is 14.1. The standard InChI is InChI=1S/C15H29N3O/c1-14(2)9-11(10-15(3,4)18-14)17-13(19)12-7-5-6-8-16-12/h11-12,16,18H,5-10H2,1-4H3,(H,17,19)/t12-/m0/s1. The molecule has 1 amide bonds.